The van der Waals surface area contributed by atoms with E-state index in [2.05, 4.69) is 37.5 Å². The molecule has 1 aromatic carbocycles. The van der Waals surface area contributed by atoms with Crippen molar-refractivity contribution in [3.05, 3.63) is 84.3 Å². The summed E-state index contributed by atoms with van der Waals surface area (Å²) in [6.45, 7) is 14.1. The Hall–Kier alpha value is -3.60. The van der Waals surface area contributed by atoms with Crippen LogP contribution in [0.15, 0.2) is 78.7 Å². The Kier molecular flexibility index (Phi) is 12.7. The van der Waals surface area contributed by atoms with E-state index in [9.17, 15) is 18.8 Å². The number of nitrogens with one attached hydrogen (secondary N) is 1. The number of amides is 3. The van der Waals surface area contributed by atoms with Crippen LogP contribution in [-0.2, 0) is 14.3 Å². The van der Waals surface area contributed by atoms with Crippen LogP contribution in [0.4, 0.5) is 9.18 Å². The lowest BCUT2D eigenvalue weighted by atomic mass is 10.2. The van der Waals surface area contributed by atoms with E-state index in [0.29, 0.717) is 31.5 Å². The molecule has 212 valence electrons. The van der Waals surface area contributed by atoms with Crippen LogP contribution in [0.1, 0.15) is 19.4 Å². The van der Waals surface area contributed by atoms with Crippen LogP contribution >= 0.6 is 0 Å². The number of aldehydes is 1. The quantitative estimate of drug-likeness (QED) is 0.212. The summed E-state index contributed by atoms with van der Waals surface area (Å²) in [5.41, 5.74) is 2.87. The average Bonchev–Trinajstić information content (AvgIpc) is 3.27. The fourth-order valence-electron chi connectivity index (χ4n) is 4.18. The van der Waals surface area contributed by atoms with E-state index in [4.69, 9.17) is 4.74 Å². The number of hydrogen-bond donors (Lipinski definition) is 1. The lowest BCUT2D eigenvalue weighted by Gasteiger charge is -2.44. The number of aryl methyl sites for hydroxylation is 1. The summed E-state index contributed by atoms with van der Waals surface area (Å²) in [7, 11) is 1.67. The Morgan fingerprint density at radius 3 is 2.51 bits per heavy atom. The van der Waals surface area contributed by atoms with Gasteiger partial charge in [-0.25, -0.2) is 19.2 Å². The highest BCUT2D eigenvalue weighted by Gasteiger charge is 2.50. The largest absolute Gasteiger partial charge is 0.375 e. The molecule has 2 aliphatic rings. The third-order valence-corrected chi connectivity index (χ3v) is 6.36. The monoisotopic (exact) mass is 541 g/mol. The first-order valence-electron chi connectivity index (χ1n) is 12.8. The van der Waals surface area contributed by atoms with Crippen LogP contribution in [0, 0.1) is 6.92 Å². The summed E-state index contributed by atoms with van der Waals surface area (Å²) in [5, 5.41) is 5.89. The molecule has 0 spiro atoms. The van der Waals surface area contributed by atoms with Crippen LogP contribution < -0.4 is 5.32 Å². The summed E-state index contributed by atoms with van der Waals surface area (Å²) >= 11 is 0. The zero-order valence-electron chi connectivity index (χ0n) is 23.3. The molecule has 0 radical (unpaired) electrons. The summed E-state index contributed by atoms with van der Waals surface area (Å²) in [6, 6.07) is 9.92. The SMILES string of the molecule is C=C/C(=C\C(=C)F)COCCN1CC2N(C(=O)CN(C)N2C(=O)NC/C(C)=C/C)C1C=O.Cc1ccccc1. The van der Waals surface area contributed by atoms with Gasteiger partial charge in [-0.2, -0.15) is 0 Å². The molecule has 10 heteroatoms. The van der Waals surface area contributed by atoms with Crippen molar-refractivity contribution in [3.63, 3.8) is 0 Å². The predicted molar refractivity (Wildman–Crippen MR) is 150 cm³/mol. The van der Waals surface area contributed by atoms with Crippen molar-refractivity contribution in [1.29, 1.82) is 0 Å². The molecule has 9 nitrogen and oxygen atoms in total. The molecule has 1 aromatic rings. The van der Waals surface area contributed by atoms with Gasteiger partial charge in [-0.1, -0.05) is 66.8 Å². The van der Waals surface area contributed by atoms with Crippen molar-refractivity contribution in [1.82, 2.24) is 25.1 Å². The number of ether oxygens (including phenoxy) is 1. The Morgan fingerprint density at radius 2 is 1.97 bits per heavy atom. The zero-order valence-corrected chi connectivity index (χ0v) is 23.3. The highest BCUT2D eigenvalue weighted by Crippen LogP contribution is 2.27. The number of carbonyl (C=O) groups excluding carboxylic acids is 3. The van der Waals surface area contributed by atoms with Gasteiger partial charge in [0.05, 0.1) is 19.8 Å². The van der Waals surface area contributed by atoms with E-state index in [1.54, 1.807) is 17.0 Å². The third-order valence-electron chi connectivity index (χ3n) is 6.36. The molecule has 2 heterocycles. The molecule has 0 saturated carbocycles. The Labute approximate surface area is 230 Å². The average molecular weight is 542 g/mol. The molecular weight excluding hydrogens is 501 g/mol. The molecule has 1 N–H and O–H groups in total. The van der Waals surface area contributed by atoms with Gasteiger partial charge in [-0.05, 0) is 32.4 Å². The molecule has 0 bridgehead atoms. The molecule has 2 unspecified atom stereocenters. The van der Waals surface area contributed by atoms with E-state index in [1.807, 2.05) is 38.1 Å². The van der Waals surface area contributed by atoms with E-state index in [1.165, 1.54) is 27.6 Å². The van der Waals surface area contributed by atoms with E-state index in [0.717, 1.165) is 5.57 Å². The number of fused-ring (bicyclic) bond motifs is 1. The maximum atomic E-state index is 12.9. The van der Waals surface area contributed by atoms with E-state index in [-0.39, 0.29) is 31.7 Å². The Morgan fingerprint density at radius 1 is 1.28 bits per heavy atom. The highest BCUT2D eigenvalue weighted by molar-refractivity contribution is 5.85. The van der Waals surface area contributed by atoms with Gasteiger partial charge in [0.2, 0.25) is 5.91 Å². The second-order valence-electron chi connectivity index (χ2n) is 9.36. The summed E-state index contributed by atoms with van der Waals surface area (Å²) in [5.74, 6) is -0.823. The first-order chi connectivity index (χ1) is 18.6. The number of hydrogen-bond acceptors (Lipinski definition) is 6. The van der Waals surface area contributed by atoms with Crippen molar-refractivity contribution in [2.75, 3.05) is 46.4 Å². The first kappa shape index (κ1) is 31.6. The lowest BCUT2D eigenvalue weighted by Crippen LogP contribution is -2.67. The van der Waals surface area contributed by atoms with Crippen molar-refractivity contribution in [2.24, 2.45) is 0 Å². The van der Waals surface area contributed by atoms with Crippen molar-refractivity contribution in [2.45, 2.75) is 33.1 Å². The van der Waals surface area contributed by atoms with Gasteiger partial charge in [0.15, 0.2) is 6.29 Å². The van der Waals surface area contributed by atoms with E-state index >= 15 is 0 Å². The lowest BCUT2D eigenvalue weighted by molar-refractivity contribution is -0.162. The number of hydrazine groups is 1. The van der Waals surface area contributed by atoms with Crippen LogP contribution in [-0.4, -0.2) is 96.8 Å². The van der Waals surface area contributed by atoms with Gasteiger partial charge in [0.1, 0.15) is 18.2 Å². The molecule has 2 fully saturated rings. The molecule has 2 aliphatic heterocycles. The number of carbonyl (C=O) groups is 3. The molecule has 0 aliphatic carbocycles. The topological polar surface area (TPSA) is 85.4 Å². The number of rotatable bonds is 10. The number of halogens is 1. The Bertz CT molecular complexity index is 1070. The van der Waals surface area contributed by atoms with Gasteiger partial charge < -0.3 is 10.1 Å². The van der Waals surface area contributed by atoms with Gasteiger partial charge >= 0.3 is 6.03 Å². The summed E-state index contributed by atoms with van der Waals surface area (Å²) in [6.07, 6.45) is 3.92. The number of benzene rings is 1. The van der Waals surface area contributed by atoms with Crippen LogP contribution in [0.2, 0.25) is 0 Å². The molecule has 2 atom stereocenters. The maximum absolute atomic E-state index is 12.9. The minimum absolute atomic E-state index is 0.0121. The number of allylic oxidation sites excluding steroid dienone is 3. The molecule has 39 heavy (non-hydrogen) atoms. The third kappa shape index (κ3) is 9.27. The number of urea groups is 1. The second-order valence-corrected chi connectivity index (χ2v) is 9.36. The van der Waals surface area contributed by atoms with Gasteiger partial charge in [-0.3, -0.25) is 19.4 Å². The maximum Gasteiger partial charge on any atom is 0.334 e. The van der Waals surface area contributed by atoms with Gasteiger partial charge in [-0.15, -0.1) is 0 Å². The molecule has 3 amide bonds. The fourth-order valence-corrected chi connectivity index (χ4v) is 4.18. The van der Waals surface area contributed by atoms with Crippen molar-refractivity contribution >= 4 is 18.2 Å². The second kappa shape index (κ2) is 15.7. The van der Waals surface area contributed by atoms with Crippen molar-refractivity contribution < 1.29 is 23.5 Å². The van der Waals surface area contributed by atoms with Gasteiger partial charge in [0.25, 0.3) is 0 Å². The highest BCUT2D eigenvalue weighted by atomic mass is 19.1. The standard InChI is InChI=1S/C22H32FN5O4.C7H8/c1-6-16(3)11-24-22(31)28-19-12-26(8-9-32-15-18(7-2)10-17(4)23)20(14-29)27(19)21(30)13-25(28)5;1-7-5-3-2-4-6-7/h6-7,10,14,19-20H,2,4,8-9,11-13,15H2,1,3,5H3,(H,24,31);2-6H,1H3/b16-6+,18-10+;. The predicted octanol–water partition coefficient (Wildman–Crippen LogP) is 3.43. The molecule has 2 saturated heterocycles. The van der Waals surface area contributed by atoms with Crippen LogP contribution in [0.5, 0.6) is 0 Å². The van der Waals surface area contributed by atoms with E-state index < -0.39 is 18.2 Å². The zero-order chi connectivity index (χ0) is 28.9. The number of nitrogens with zero attached hydrogens (tertiary/aromatic N) is 4. The summed E-state index contributed by atoms with van der Waals surface area (Å²) < 4.78 is 18.5. The molecular formula is C29H40FN5O4. The Balaban J connectivity index is 0.000000658. The molecule has 3 rings (SSSR count). The van der Waals surface area contributed by atoms with Crippen molar-refractivity contribution in [3.8, 4) is 0 Å². The number of likely N-dealkylation sites (N-methyl/N-ethyl adjacent to an activating group) is 1. The minimum Gasteiger partial charge on any atom is -0.375 e. The molecule has 0 aromatic heterocycles. The summed E-state index contributed by atoms with van der Waals surface area (Å²) in [4.78, 5) is 40.6. The minimum atomic E-state index is -0.794. The van der Waals surface area contributed by atoms with Crippen LogP contribution in [0.25, 0.3) is 0 Å². The first-order valence-corrected chi connectivity index (χ1v) is 12.8. The normalized spacial score (nSPS) is 20.2. The fraction of sp³-hybridized carbons (Fsp3) is 0.414. The van der Waals surface area contributed by atoms with Gasteiger partial charge in [0, 0.05) is 26.7 Å². The van der Waals surface area contributed by atoms with Crippen LogP contribution in [0.3, 0.4) is 0 Å². The smallest absolute Gasteiger partial charge is 0.334 e.